The molecule has 1 saturated heterocycles. The van der Waals surface area contributed by atoms with Crippen LogP contribution in [-0.2, 0) is 14.3 Å². The van der Waals surface area contributed by atoms with Crippen LogP contribution in [0.5, 0.6) is 0 Å². The van der Waals surface area contributed by atoms with Crippen molar-refractivity contribution in [2.45, 2.75) is 33.2 Å². The number of halogens is 1. The summed E-state index contributed by atoms with van der Waals surface area (Å²) in [6.45, 7) is 6.33. The molecule has 2 aromatic rings. The van der Waals surface area contributed by atoms with Crippen molar-refractivity contribution >= 4 is 35.0 Å². The maximum absolute atomic E-state index is 13.2. The van der Waals surface area contributed by atoms with Crippen molar-refractivity contribution in [3.8, 4) is 0 Å². The van der Waals surface area contributed by atoms with E-state index >= 15 is 0 Å². The van der Waals surface area contributed by atoms with E-state index in [-0.39, 0.29) is 23.6 Å². The molecule has 2 heterocycles. The number of rotatable bonds is 8. The van der Waals surface area contributed by atoms with Crippen LogP contribution in [0.1, 0.15) is 52.3 Å². The van der Waals surface area contributed by atoms with Crippen LogP contribution >= 0.6 is 11.6 Å². The lowest BCUT2D eigenvalue weighted by molar-refractivity contribution is -0.139. The predicted octanol–water partition coefficient (Wildman–Crippen LogP) is 3.84. The first-order chi connectivity index (χ1) is 16.1. The molecule has 1 aromatic carbocycles. The maximum Gasteiger partial charge on any atom is 0.355 e. The highest BCUT2D eigenvalue weighted by atomic mass is 35.5. The van der Waals surface area contributed by atoms with Crippen LogP contribution in [0.3, 0.4) is 0 Å². The van der Waals surface area contributed by atoms with Crippen molar-refractivity contribution in [1.82, 2.24) is 14.8 Å². The summed E-state index contributed by atoms with van der Waals surface area (Å²) >= 11 is 6.06. The van der Waals surface area contributed by atoms with Crippen LogP contribution in [0, 0.1) is 13.8 Å². The van der Waals surface area contributed by atoms with Gasteiger partial charge in [-0.3, -0.25) is 9.59 Å². The number of ketones is 1. The number of esters is 1. The molecule has 3 rings (SSSR count). The van der Waals surface area contributed by atoms with E-state index in [1.165, 1.54) is 4.90 Å². The number of aliphatic hydroxyl groups excluding tert-OH is 1. The predicted molar refractivity (Wildman–Crippen MR) is 130 cm³/mol. The summed E-state index contributed by atoms with van der Waals surface area (Å²) in [5, 5.41) is 11.9. The van der Waals surface area contributed by atoms with Gasteiger partial charge in [0.15, 0.2) is 0 Å². The topological polar surface area (TPSA) is 103 Å². The van der Waals surface area contributed by atoms with Crippen molar-refractivity contribution in [2.24, 2.45) is 0 Å². The SMILES string of the molecule is CCOC(=O)c1[nH]c(C)c(C(O)=C2C(=O)C(=O)N(CCCN(C)C)[C@H]2c2ccc(Cl)cc2)c1C. The molecule has 2 N–H and O–H groups in total. The van der Waals surface area contributed by atoms with Gasteiger partial charge in [0.25, 0.3) is 11.7 Å². The number of H-pyrrole nitrogens is 1. The number of carbonyl (C=O) groups excluding carboxylic acids is 3. The minimum Gasteiger partial charge on any atom is -0.507 e. The smallest absolute Gasteiger partial charge is 0.355 e. The standard InChI is InChI=1S/C25H30ClN3O5/c1-6-34-25(33)20-14(2)18(15(3)27-20)22(30)19-21(16-8-10-17(26)11-9-16)29(24(32)23(19)31)13-7-12-28(4)5/h8-11,21,27,30H,6-7,12-13H2,1-5H3/t21-/m0/s1. The molecule has 0 bridgehead atoms. The van der Waals surface area contributed by atoms with E-state index in [9.17, 15) is 19.5 Å². The molecule has 1 aliphatic rings. The highest BCUT2D eigenvalue weighted by Gasteiger charge is 2.46. The van der Waals surface area contributed by atoms with Crippen LogP contribution < -0.4 is 0 Å². The van der Waals surface area contributed by atoms with Gasteiger partial charge in [-0.1, -0.05) is 23.7 Å². The highest BCUT2D eigenvalue weighted by Crippen LogP contribution is 2.41. The Labute approximate surface area is 204 Å². The van der Waals surface area contributed by atoms with Crippen LogP contribution in [0.2, 0.25) is 5.02 Å². The first kappa shape index (κ1) is 25.5. The number of hydrogen-bond acceptors (Lipinski definition) is 6. The lowest BCUT2D eigenvalue weighted by atomic mass is 9.94. The molecule has 1 atom stereocenters. The molecule has 1 aliphatic heterocycles. The lowest BCUT2D eigenvalue weighted by Gasteiger charge is -2.26. The average molecular weight is 488 g/mol. The zero-order valence-electron chi connectivity index (χ0n) is 20.1. The number of likely N-dealkylation sites (tertiary alicyclic amines) is 1. The Morgan fingerprint density at radius 3 is 2.44 bits per heavy atom. The fraction of sp³-hybridized carbons (Fsp3) is 0.400. The molecular formula is C25H30ClN3O5. The number of nitrogens with one attached hydrogen (secondary N) is 1. The second-order valence-electron chi connectivity index (χ2n) is 8.55. The molecule has 0 radical (unpaired) electrons. The molecule has 34 heavy (non-hydrogen) atoms. The fourth-order valence-electron chi connectivity index (χ4n) is 4.31. The summed E-state index contributed by atoms with van der Waals surface area (Å²) in [5.41, 5.74) is 2.09. The van der Waals surface area contributed by atoms with Gasteiger partial charge in [-0.05, 0) is 71.1 Å². The van der Waals surface area contributed by atoms with E-state index < -0.39 is 23.7 Å². The van der Waals surface area contributed by atoms with Gasteiger partial charge < -0.3 is 24.6 Å². The third-order valence-corrected chi connectivity index (χ3v) is 6.14. The van der Waals surface area contributed by atoms with Gasteiger partial charge >= 0.3 is 5.97 Å². The molecule has 0 spiro atoms. The number of aromatic amines is 1. The third kappa shape index (κ3) is 4.88. The fourth-order valence-corrected chi connectivity index (χ4v) is 4.43. The third-order valence-electron chi connectivity index (χ3n) is 5.88. The Morgan fingerprint density at radius 1 is 1.21 bits per heavy atom. The molecule has 0 unspecified atom stereocenters. The van der Waals surface area contributed by atoms with Gasteiger partial charge in [0, 0.05) is 22.8 Å². The summed E-state index contributed by atoms with van der Waals surface area (Å²) < 4.78 is 5.09. The summed E-state index contributed by atoms with van der Waals surface area (Å²) in [4.78, 5) is 45.0. The molecule has 1 amide bonds. The van der Waals surface area contributed by atoms with Crippen LogP contribution in [-0.4, -0.2) is 71.3 Å². The van der Waals surface area contributed by atoms with Crippen LogP contribution in [0.15, 0.2) is 29.8 Å². The highest BCUT2D eigenvalue weighted by molar-refractivity contribution is 6.46. The first-order valence-electron chi connectivity index (χ1n) is 11.1. The van der Waals surface area contributed by atoms with Crippen molar-refractivity contribution < 1.29 is 24.2 Å². The van der Waals surface area contributed by atoms with E-state index in [0.717, 1.165) is 6.54 Å². The number of amides is 1. The maximum atomic E-state index is 13.2. The molecule has 0 saturated carbocycles. The number of nitrogens with zero attached hydrogens (tertiary/aromatic N) is 2. The Hall–Kier alpha value is -3.10. The summed E-state index contributed by atoms with van der Waals surface area (Å²) in [6.07, 6.45) is 0.652. The zero-order chi connectivity index (χ0) is 25.2. The van der Waals surface area contributed by atoms with E-state index in [1.807, 2.05) is 19.0 Å². The molecule has 182 valence electrons. The molecule has 9 heteroatoms. The van der Waals surface area contributed by atoms with Crippen LogP contribution in [0.25, 0.3) is 5.76 Å². The van der Waals surface area contributed by atoms with Gasteiger partial charge in [0.2, 0.25) is 0 Å². The van der Waals surface area contributed by atoms with E-state index in [0.29, 0.717) is 40.4 Å². The van der Waals surface area contributed by atoms with Crippen molar-refractivity contribution in [3.05, 3.63) is 62.9 Å². The number of benzene rings is 1. The lowest BCUT2D eigenvalue weighted by Crippen LogP contribution is -2.32. The van der Waals surface area contributed by atoms with E-state index in [4.69, 9.17) is 16.3 Å². The van der Waals surface area contributed by atoms with Gasteiger partial charge in [-0.25, -0.2) is 4.79 Å². The number of hydrogen-bond donors (Lipinski definition) is 2. The Bertz CT molecular complexity index is 1130. The van der Waals surface area contributed by atoms with Crippen molar-refractivity contribution in [3.63, 3.8) is 0 Å². The van der Waals surface area contributed by atoms with Gasteiger partial charge in [0.05, 0.1) is 18.2 Å². The largest absolute Gasteiger partial charge is 0.507 e. The normalized spacial score (nSPS) is 17.6. The molecule has 1 aromatic heterocycles. The van der Waals surface area contributed by atoms with E-state index in [1.54, 1.807) is 45.0 Å². The summed E-state index contributed by atoms with van der Waals surface area (Å²) in [7, 11) is 3.87. The molecule has 0 aliphatic carbocycles. The minimum atomic E-state index is -0.779. The number of Topliss-reactive ketones (excluding diaryl/α,β-unsaturated/α-hetero) is 1. The first-order valence-corrected chi connectivity index (χ1v) is 11.5. The number of carbonyl (C=O) groups is 3. The Kier molecular flexibility index (Phi) is 7.84. The second-order valence-corrected chi connectivity index (χ2v) is 8.98. The minimum absolute atomic E-state index is 0.0159. The van der Waals surface area contributed by atoms with Gasteiger partial charge in [-0.15, -0.1) is 0 Å². The quantitative estimate of drug-likeness (QED) is 0.254. The van der Waals surface area contributed by atoms with E-state index in [2.05, 4.69) is 4.98 Å². The Balaban J connectivity index is 2.15. The van der Waals surface area contributed by atoms with Gasteiger partial charge in [-0.2, -0.15) is 0 Å². The zero-order valence-corrected chi connectivity index (χ0v) is 20.8. The van der Waals surface area contributed by atoms with Crippen LogP contribution in [0.4, 0.5) is 0 Å². The number of ether oxygens (including phenoxy) is 1. The summed E-state index contributed by atoms with van der Waals surface area (Å²) in [6, 6.07) is 6.07. The summed E-state index contributed by atoms with van der Waals surface area (Å²) in [5.74, 6) is -2.31. The molecular weight excluding hydrogens is 458 g/mol. The van der Waals surface area contributed by atoms with Crippen molar-refractivity contribution in [2.75, 3.05) is 33.8 Å². The Morgan fingerprint density at radius 2 is 1.85 bits per heavy atom. The monoisotopic (exact) mass is 487 g/mol. The number of aliphatic hydroxyl groups is 1. The van der Waals surface area contributed by atoms with Crippen molar-refractivity contribution in [1.29, 1.82) is 0 Å². The second kappa shape index (κ2) is 10.4. The molecule has 8 nitrogen and oxygen atoms in total. The average Bonchev–Trinajstić information content (AvgIpc) is 3.21. The van der Waals surface area contributed by atoms with Gasteiger partial charge in [0.1, 0.15) is 11.5 Å². The number of aryl methyl sites for hydroxylation is 1. The molecule has 1 fully saturated rings. The number of aromatic nitrogens is 1.